The van der Waals surface area contributed by atoms with Gasteiger partial charge >= 0.3 is 0 Å². The fourth-order valence-corrected chi connectivity index (χ4v) is 4.02. The lowest BCUT2D eigenvalue weighted by molar-refractivity contribution is 0.0625. The largest absolute Gasteiger partial charge is 0.377 e. The molecule has 0 N–H and O–H groups in total. The first-order valence-corrected chi connectivity index (χ1v) is 8.76. The maximum Gasteiger partial charge on any atom is 0.115 e. The molecule has 6 nitrogen and oxygen atoms in total. The van der Waals surface area contributed by atoms with E-state index in [9.17, 15) is 0 Å². The Morgan fingerprint density at radius 3 is 2.67 bits per heavy atom. The van der Waals surface area contributed by atoms with Crippen molar-refractivity contribution in [3.63, 3.8) is 0 Å². The lowest BCUT2D eigenvalue weighted by Crippen LogP contribution is -2.40. The first-order chi connectivity index (χ1) is 11.7. The molecule has 2 aliphatic rings. The van der Waals surface area contributed by atoms with Crippen molar-refractivity contribution >= 4 is 0 Å². The zero-order valence-corrected chi connectivity index (χ0v) is 14.3. The van der Waals surface area contributed by atoms with Crippen LogP contribution in [0.5, 0.6) is 0 Å². The van der Waals surface area contributed by atoms with Gasteiger partial charge in [-0.25, -0.2) is 15.0 Å². The Labute approximate surface area is 142 Å². The van der Waals surface area contributed by atoms with E-state index >= 15 is 0 Å². The number of nitrogens with zero attached hydrogens (tertiary/aromatic N) is 5. The Kier molecular flexibility index (Phi) is 4.33. The number of aromatic nitrogens is 4. The predicted molar refractivity (Wildman–Crippen MR) is 90.2 cm³/mol. The van der Waals surface area contributed by atoms with Gasteiger partial charge in [0.15, 0.2) is 0 Å². The Morgan fingerprint density at radius 1 is 1.17 bits per heavy atom. The Hall–Kier alpha value is -1.79. The van der Waals surface area contributed by atoms with Crippen LogP contribution in [0.1, 0.15) is 30.5 Å². The molecule has 2 saturated heterocycles. The first kappa shape index (κ1) is 15.7. The van der Waals surface area contributed by atoms with E-state index in [0.29, 0.717) is 11.5 Å². The summed E-state index contributed by atoms with van der Waals surface area (Å²) in [4.78, 5) is 15.0. The molecule has 128 valence electrons. The van der Waals surface area contributed by atoms with Crippen LogP contribution in [0.4, 0.5) is 0 Å². The van der Waals surface area contributed by atoms with E-state index in [2.05, 4.69) is 31.5 Å². The van der Waals surface area contributed by atoms with Crippen LogP contribution in [0, 0.1) is 5.41 Å². The Bertz CT molecular complexity index is 663. The molecule has 0 aliphatic carbocycles. The molecule has 2 aromatic heterocycles. The van der Waals surface area contributed by atoms with Crippen molar-refractivity contribution in [3.8, 4) is 0 Å². The van der Waals surface area contributed by atoms with Crippen LogP contribution >= 0.6 is 0 Å². The number of likely N-dealkylation sites (tertiary alicyclic amines) is 1. The number of piperidine rings is 1. The molecule has 0 amide bonds. The van der Waals surface area contributed by atoms with E-state index in [0.717, 1.165) is 32.7 Å². The van der Waals surface area contributed by atoms with Crippen LogP contribution in [0.15, 0.2) is 31.2 Å². The van der Waals surface area contributed by atoms with E-state index in [1.54, 1.807) is 6.33 Å². The van der Waals surface area contributed by atoms with E-state index in [-0.39, 0.29) is 0 Å². The van der Waals surface area contributed by atoms with Gasteiger partial charge < -0.3 is 9.30 Å². The normalized spacial score (nSPS) is 23.8. The molecular weight excluding hydrogens is 302 g/mol. The highest BCUT2D eigenvalue weighted by Gasteiger charge is 2.42. The van der Waals surface area contributed by atoms with Gasteiger partial charge in [-0.05, 0) is 43.3 Å². The number of ether oxygens (including phenoxy) is 1. The summed E-state index contributed by atoms with van der Waals surface area (Å²) in [7, 11) is 2.07. The summed E-state index contributed by atoms with van der Waals surface area (Å²) in [5.41, 5.74) is 2.84. The third-order valence-corrected chi connectivity index (χ3v) is 5.58. The molecule has 4 heterocycles. The molecule has 1 atom stereocenters. The third kappa shape index (κ3) is 3.35. The van der Waals surface area contributed by atoms with Crippen LogP contribution in [-0.4, -0.2) is 50.2 Å². The monoisotopic (exact) mass is 327 g/mol. The SMILES string of the molecule is Cn1cncc1CN1CCC2(CC1)CO[C@@H](Cc1cncnc1)C2. The Balaban J connectivity index is 1.30. The van der Waals surface area contributed by atoms with Gasteiger partial charge in [0.2, 0.25) is 0 Å². The fraction of sp³-hybridized carbons (Fsp3) is 0.611. The molecule has 4 rings (SSSR count). The van der Waals surface area contributed by atoms with Gasteiger partial charge in [-0.15, -0.1) is 0 Å². The van der Waals surface area contributed by atoms with Crippen LogP contribution in [-0.2, 0) is 24.8 Å². The topological polar surface area (TPSA) is 56.1 Å². The zero-order valence-electron chi connectivity index (χ0n) is 14.3. The minimum atomic E-state index is 0.319. The van der Waals surface area contributed by atoms with Crippen LogP contribution in [0.3, 0.4) is 0 Å². The van der Waals surface area contributed by atoms with Gasteiger partial charge in [0.1, 0.15) is 6.33 Å². The lowest BCUT2D eigenvalue weighted by atomic mass is 9.76. The molecule has 0 unspecified atom stereocenters. The molecule has 0 aromatic carbocycles. The number of rotatable bonds is 4. The van der Waals surface area contributed by atoms with Crippen molar-refractivity contribution in [2.75, 3.05) is 19.7 Å². The second-order valence-corrected chi connectivity index (χ2v) is 7.36. The van der Waals surface area contributed by atoms with Gasteiger partial charge in [-0.2, -0.15) is 0 Å². The molecule has 2 fully saturated rings. The van der Waals surface area contributed by atoms with Crippen molar-refractivity contribution in [1.82, 2.24) is 24.4 Å². The van der Waals surface area contributed by atoms with Crippen molar-refractivity contribution in [2.45, 2.75) is 38.3 Å². The average molecular weight is 327 g/mol. The Morgan fingerprint density at radius 2 is 1.96 bits per heavy atom. The van der Waals surface area contributed by atoms with E-state index in [1.165, 1.54) is 30.5 Å². The van der Waals surface area contributed by atoms with Crippen molar-refractivity contribution < 1.29 is 4.74 Å². The highest BCUT2D eigenvalue weighted by atomic mass is 16.5. The number of imidazole rings is 1. The van der Waals surface area contributed by atoms with Crippen LogP contribution in [0.25, 0.3) is 0 Å². The predicted octanol–water partition coefficient (Wildman–Crippen LogP) is 1.82. The third-order valence-electron chi connectivity index (χ3n) is 5.58. The van der Waals surface area contributed by atoms with Crippen molar-refractivity contribution in [3.05, 3.63) is 42.5 Å². The van der Waals surface area contributed by atoms with Gasteiger partial charge in [0.05, 0.1) is 24.7 Å². The second kappa shape index (κ2) is 6.61. The van der Waals surface area contributed by atoms with E-state index in [4.69, 9.17) is 4.74 Å². The number of hydrogen-bond acceptors (Lipinski definition) is 5. The summed E-state index contributed by atoms with van der Waals surface area (Å²) in [6, 6.07) is 0. The molecule has 0 saturated carbocycles. The zero-order chi connectivity index (χ0) is 16.4. The standard InChI is InChI=1S/C18H25N5O/c1-22-14-21-10-16(22)11-23-4-2-18(3-5-23)7-17(24-12-18)6-15-8-19-13-20-9-15/h8-10,13-14,17H,2-7,11-12H2,1H3/t17-/m0/s1. The van der Waals surface area contributed by atoms with Gasteiger partial charge in [-0.3, -0.25) is 4.90 Å². The summed E-state index contributed by atoms with van der Waals surface area (Å²) in [5.74, 6) is 0. The maximum absolute atomic E-state index is 6.12. The maximum atomic E-state index is 6.12. The smallest absolute Gasteiger partial charge is 0.115 e. The quantitative estimate of drug-likeness (QED) is 0.857. The average Bonchev–Trinajstić information content (AvgIpc) is 3.18. The number of aryl methyl sites for hydroxylation is 1. The summed E-state index contributed by atoms with van der Waals surface area (Å²) < 4.78 is 8.23. The molecular formula is C18H25N5O. The minimum absolute atomic E-state index is 0.319. The summed E-state index contributed by atoms with van der Waals surface area (Å²) in [6.07, 6.45) is 14.1. The molecule has 24 heavy (non-hydrogen) atoms. The fourth-order valence-electron chi connectivity index (χ4n) is 4.02. The van der Waals surface area contributed by atoms with Gasteiger partial charge in [0.25, 0.3) is 0 Å². The van der Waals surface area contributed by atoms with Crippen LogP contribution in [0.2, 0.25) is 0 Å². The second-order valence-electron chi connectivity index (χ2n) is 7.36. The molecule has 1 spiro atoms. The van der Waals surface area contributed by atoms with Gasteiger partial charge in [0, 0.05) is 38.6 Å². The minimum Gasteiger partial charge on any atom is -0.377 e. The lowest BCUT2D eigenvalue weighted by Gasteiger charge is -2.38. The van der Waals surface area contributed by atoms with E-state index in [1.807, 2.05) is 24.9 Å². The summed E-state index contributed by atoms with van der Waals surface area (Å²) in [5, 5.41) is 0. The first-order valence-electron chi connectivity index (χ1n) is 8.76. The number of hydrogen-bond donors (Lipinski definition) is 0. The van der Waals surface area contributed by atoms with Crippen LogP contribution < -0.4 is 0 Å². The molecule has 6 heteroatoms. The molecule has 2 aromatic rings. The molecule has 2 aliphatic heterocycles. The highest BCUT2D eigenvalue weighted by molar-refractivity contribution is 5.06. The van der Waals surface area contributed by atoms with E-state index < -0.39 is 0 Å². The van der Waals surface area contributed by atoms with Crippen molar-refractivity contribution in [1.29, 1.82) is 0 Å². The highest BCUT2D eigenvalue weighted by Crippen LogP contribution is 2.42. The molecule has 0 bridgehead atoms. The van der Waals surface area contributed by atoms with Gasteiger partial charge in [-0.1, -0.05) is 0 Å². The molecule has 0 radical (unpaired) electrons. The summed E-state index contributed by atoms with van der Waals surface area (Å²) >= 11 is 0. The van der Waals surface area contributed by atoms with Crippen molar-refractivity contribution in [2.24, 2.45) is 12.5 Å². The summed E-state index contributed by atoms with van der Waals surface area (Å²) in [6.45, 7) is 4.20.